The third-order valence-electron chi connectivity index (χ3n) is 1.51. The number of hydrogen-bond donors (Lipinski definition) is 1. The highest BCUT2D eigenvalue weighted by Gasteiger charge is 2.08. The van der Waals surface area contributed by atoms with Crippen LogP contribution in [-0.4, -0.2) is 6.29 Å². The van der Waals surface area contributed by atoms with Crippen molar-refractivity contribution in [1.29, 1.82) is 0 Å². The second-order valence-corrected chi connectivity index (χ2v) is 2.36. The van der Waals surface area contributed by atoms with Crippen LogP contribution in [0.2, 0.25) is 0 Å². The quantitative estimate of drug-likeness (QED) is 0.431. The molecule has 4 heteroatoms. The first-order valence-electron chi connectivity index (χ1n) is 3.52. The average molecular weight is 183 g/mol. The van der Waals surface area contributed by atoms with E-state index in [4.69, 9.17) is 5.73 Å². The van der Waals surface area contributed by atoms with Crippen LogP contribution in [0.15, 0.2) is 18.2 Å². The van der Waals surface area contributed by atoms with E-state index in [1.54, 1.807) is 0 Å². The Balaban J connectivity index is 3.25. The Morgan fingerprint density at radius 1 is 1.31 bits per heavy atom. The van der Waals surface area contributed by atoms with Gasteiger partial charge in [0.25, 0.3) is 0 Å². The molecule has 2 N–H and O–H groups in total. The minimum atomic E-state index is -1.04. The molecule has 0 amide bonds. The van der Waals surface area contributed by atoms with Gasteiger partial charge in [0.15, 0.2) is 11.6 Å². The Labute approximate surface area is 73.7 Å². The summed E-state index contributed by atoms with van der Waals surface area (Å²) in [5.74, 6) is -2.03. The molecule has 0 saturated carbocycles. The van der Waals surface area contributed by atoms with Crippen LogP contribution in [0.1, 0.15) is 5.56 Å². The summed E-state index contributed by atoms with van der Waals surface area (Å²) in [6.45, 7) is 0. The molecule has 0 atom stereocenters. The number of benzene rings is 1. The molecule has 0 aliphatic carbocycles. The largest absolute Gasteiger partial charge is 0.398 e. The van der Waals surface area contributed by atoms with Crippen LogP contribution in [0.5, 0.6) is 0 Å². The van der Waals surface area contributed by atoms with Gasteiger partial charge in [-0.1, -0.05) is 0 Å². The minimum absolute atomic E-state index is 0.0944. The lowest BCUT2D eigenvalue weighted by Crippen LogP contribution is -1.95. The van der Waals surface area contributed by atoms with E-state index in [0.29, 0.717) is 6.29 Å². The summed E-state index contributed by atoms with van der Waals surface area (Å²) in [5.41, 5.74) is 5.35. The SMILES string of the molecule is Nc1ccc(F)c(F)c1C=CC=O. The summed E-state index contributed by atoms with van der Waals surface area (Å²) < 4.78 is 25.6. The summed E-state index contributed by atoms with van der Waals surface area (Å²) in [4.78, 5) is 9.94. The van der Waals surface area contributed by atoms with Crippen molar-refractivity contribution in [3.8, 4) is 0 Å². The first-order chi connectivity index (χ1) is 6.16. The molecule has 0 saturated heterocycles. The van der Waals surface area contributed by atoms with Crippen LogP contribution < -0.4 is 5.73 Å². The number of carbonyl (C=O) groups is 1. The number of rotatable bonds is 2. The maximum absolute atomic E-state index is 13.0. The van der Waals surface area contributed by atoms with Gasteiger partial charge in [0.1, 0.15) is 6.29 Å². The lowest BCUT2D eigenvalue weighted by molar-refractivity contribution is -0.104. The number of carbonyl (C=O) groups excluding carboxylic acids is 1. The van der Waals surface area contributed by atoms with E-state index in [9.17, 15) is 13.6 Å². The van der Waals surface area contributed by atoms with Crippen molar-refractivity contribution >= 4 is 18.0 Å². The monoisotopic (exact) mass is 183 g/mol. The number of hydrogen-bond acceptors (Lipinski definition) is 2. The zero-order valence-corrected chi connectivity index (χ0v) is 6.63. The van der Waals surface area contributed by atoms with Gasteiger partial charge in [0.05, 0.1) is 0 Å². The summed E-state index contributed by atoms with van der Waals surface area (Å²) in [7, 11) is 0. The number of nitrogen functional groups attached to an aromatic ring is 1. The number of anilines is 1. The first-order valence-corrected chi connectivity index (χ1v) is 3.52. The Morgan fingerprint density at radius 3 is 2.62 bits per heavy atom. The van der Waals surface area contributed by atoms with Crippen LogP contribution in [0, 0.1) is 11.6 Å². The maximum atomic E-state index is 13.0. The number of aldehydes is 1. The molecule has 1 rings (SSSR count). The van der Waals surface area contributed by atoms with Gasteiger partial charge in [0, 0.05) is 11.3 Å². The van der Waals surface area contributed by atoms with Gasteiger partial charge in [0.2, 0.25) is 0 Å². The Morgan fingerprint density at radius 2 is 2.00 bits per heavy atom. The maximum Gasteiger partial charge on any atom is 0.168 e. The van der Waals surface area contributed by atoms with Gasteiger partial charge >= 0.3 is 0 Å². The van der Waals surface area contributed by atoms with Gasteiger partial charge in [-0.15, -0.1) is 0 Å². The summed E-state index contributed by atoms with van der Waals surface area (Å²) in [6, 6.07) is 2.17. The predicted octanol–water partition coefficient (Wildman–Crippen LogP) is 1.76. The molecule has 1 aromatic rings. The molecule has 0 spiro atoms. The zero-order chi connectivity index (χ0) is 9.84. The molecular weight excluding hydrogens is 176 g/mol. The normalized spacial score (nSPS) is 10.6. The van der Waals surface area contributed by atoms with E-state index in [1.165, 1.54) is 6.07 Å². The van der Waals surface area contributed by atoms with E-state index in [1.807, 2.05) is 0 Å². The fourth-order valence-electron chi connectivity index (χ4n) is 0.886. The smallest absolute Gasteiger partial charge is 0.168 e. The van der Waals surface area contributed by atoms with Crippen LogP contribution in [0.3, 0.4) is 0 Å². The van der Waals surface area contributed by atoms with Crippen molar-refractivity contribution < 1.29 is 13.6 Å². The Kier molecular flexibility index (Phi) is 2.74. The third-order valence-corrected chi connectivity index (χ3v) is 1.51. The molecule has 13 heavy (non-hydrogen) atoms. The molecule has 0 fully saturated rings. The second kappa shape index (κ2) is 3.80. The van der Waals surface area contributed by atoms with Crippen molar-refractivity contribution in [2.75, 3.05) is 5.73 Å². The van der Waals surface area contributed by atoms with Crippen LogP contribution in [0.4, 0.5) is 14.5 Å². The molecule has 0 unspecified atom stereocenters. The van der Waals surface area contributed by atoms with Gasteiger partial charge in [-0.05, 0) is 24.3 Å². The highest BCUT2D eigenvalue weighted by atomic mass is 19.2. The fraction of sp³-hybridized carbons (Fsp3) is 0. The van der Waals surface area contributed by atoms with Crippen molar-refractivity contribution in [3.63, 3.8) is 0 Å². The fourth-order valence-corrected chi connectivity index (χ4v) is 0.886. The predicted molar refractivity (Wildman–Crippen MR) is 45.9 cm³/mol. The number of nitrogens with two attached hydrogens (primary N) is 1. The lowest BCUT2D eigenvalue weighted by Gasteiger charge is -2.01. The zero-order valence-electron chi connectivity index (χ0n) is 6.63. The van der Waals surface area contributed by atoms with E-state index < -0.39 is 11.6 Å². The topological polar surface area (TPSA) is 43.1 Å². The summed E-state index contributed by atoms with van der Waals surface area (Å²) >= 11 is 0. The Bertz CT molecular complexity index is 361. The van der Waals surface area contributed by atoms with Gasteiger partial charge in [-0.25, -0.2) is 8.78 Å². The van der Waals surface area contributed by atoms with Crippen molar-refractivity contribution in [1.82, 2.24) is 0 Å². The number of allylic oxidation sites excluding steroid dienone is 1. The summed E-state index contributed by atoms with van der Waals surface area (Å²) in [6.07, 6.45) is 2.64. The molecule has 0 aromatic heterocycles. The van der Waals surface area contributed by atoms with Crippen molar-refractivity contribution in [3.05, 3.63) is 35.4 Å². The van der Waals surface area contributed by atoms with Gasteiger partial charge < -0.3 is 5.73 Å². The molecule has 0 bridgehead atoms. The van der Waals surface area contributed by atoms with Gasteiger partial charge in [-0.3, -0.25) is 4.79 Å². The average Bonchev–Trinajstić information content (AvgIpc) is 2.12. The molecule has 0 heterocycles. The van der Waals surface area contributed by atoms with E-state index >= 15 is 0 Å². The third kappa shape index (κ3) is 1.90. The van der Waals surface area contributed by atoms with Gasteiger partial charge in [-0.2, -0.15) is 0 Å². The standard InChI is InChI=1S/C9H7F2NO/c10-7-3-4-8(12)6(9(7)11)2-1-5-13/h1-5H,12H2. The molecular formula is C9H7F2NO. The van der Waals surface area contributed by atoms with Crippen molar-refractivity contribution in [2.45, 2.75) is 0 Å². The molecule has 68 valence electrons. The lowest BCUT2D eigenvalue weighted by atomic mass is 10.1. The van der Waals surface area contributed by atoms with Crippen LogP contribution in [-0.2, 0) is 4.79 Å². The summed E-state index contributed by atoms with van der Waals surface area (Å²) in [5, 5.41) is 0. The van der Waals surface area contributed by atoms with Crippen LogP contribution in [0.25, 0.3) is 6.08 Å². The number of halogens is 2. The first kappa shape index (κ1) is 9.38. The van der Waals surface area contributed by atoms with Crippen molar-refractivity contribution in [2.24, 2.45) is 0 Å². The van der Waals surface area contributed by atoms with Crippen LogP contribution >= 0.6 is 0 Å². The molecule has 2 nitrogen and oxygen atoms in total. The second-order valence-electron chi connectivity index (χ2n) is 2.36. The van der Waals surface area contributed by atoms with E-state index in [2.05, 4.69) is 0 Å². The van der Waals surface area contributed by atoms with E-state index in [-0.39, 0.29) is 11.3 Å². The molecule has 1 aromatic carbocycles. The molecule has 0 aliphatic rings. The molecule has 0 aliphatic heterocycles. The molecule has 0 radical (unpaired) electrons. The highest BCUT2D eigenvalue weighted by molar-refractivity contribution is 5.77. The Hall–Kier alpha value is -1.71. The minimum Gasteiger partial charge on any atom is -0.398 e. The van der Waals surface area contributed by atoms with E-state index in [0.717, 1.165) is 18.2 Å². The highest BCUT2D eigenvalue weighted by Crippen LogP contribution is 2.19.